The second-order valence-corrected chi connectivity index (χ2v) is 5.65. The monoisotopic (exact) mass is 296 g/mol. The number of rotatable bonds is 5. The fourth-order valence-corrected chi connectivity index (χ4v) is 1.66. The van der Waals surface area contributed by atoms with Gasteiger partial charge in [-0.1, -0.05) is 0 Å². The quantitative estimate of drug-likeness (QED) is 0.911. The van der Waals surface area contributed by atoms with Crippen molar-refractivity contribution in [1.82, 2.24) is 10.3 Å². The normalized spacial score (nSPS) is 11.9. The zero-order chi connectivity index (χ0) is 15.5. The summed E-state index contributed by atoms with van der Waals surface area (Å²) in [6.45, 7) is 3.97. The number of alkyl halides is 2. The summed E-state index contributed by atoms with van der Waals surface area (Å²) in [6.07, 6.45) is 1.58. The molecule has 114 valence electrons. The van der Waals surface area contributed by atoms with Gasteiger partial charge in [-0.15, -0.1) is 0 Å². The van der Waals surface area contributed by atoms with Gasteiger partial charge in [0, 0.05) is 17.6 Å². The molecule has 0 amide bonds. The van der Waals surface area contributed by atoms with Crippen LogP contribution in [0.15, 0.2) is 34.9 Å². The van der Waals surface area contributed by atoms with E-state index in [1.54, 1.807) is 18.4 Å². The summed E-state index contributed by atoms with van der Waals surface area (Å²) in [4.78, 5) is 4.36. The van der Waals surface area contributed by atoms with Crippen LogP contribution in [0.5, 0.6) is 5.75 Å². The molecule has 0 aliphatic rings. The molecular weight excluding hydrogens is 278 g/mol. The molecule has 0 atom stereocenters. The number of nitrogens with one attached hydrogen (secondary N) is 1. The number of nitrogens with zero attached hydrogens (tertiary/aromatic N) is 1. The number of ether oxygens (including phenoxy) is 1. The number of hydrogen-bond donors (Lipinski definition) is 1. The fraction of sp³-hybridized carbons (Fsp3) is 0.400. The fourth-order valence-electron chi connectivity index (χ4n) is 1.66. The van der Waals surface area contributed by atoms with Crippen LogP contribution in [0.1, 0.15) is 26.5 Å². The third-order valence-electron chi connectivity index (χ3n) is 2.68. The highest BCUT2D eigenvalue weighted by atomic mass is 19.3. The molecule has 0 aliphatic heterocycles. The Bertz CT molecular complexity index is 574. The topological polar surface area (TPSA) is 47.3 Å². The highest BCUT2D eigenvalue weighted by molar-refractivity contribution is 5.54. The van der Waals surface area contributed by atoms with Crippen LogP contribution in [-0.4, -0.2) is 17.1 Å². The Labute approximate surface area is 122 Å². The van der Waals surface area contributed by atoms with Crippen molar-refractivity contribution in [3.05, 3.63) is 36.2 Å². The Morgan fingerprint density at radius 3 is 2.48 bits per heavy atom. The van der Waals surface area contributed by atoms with Gasteiger partial charge in [0.25, 0.3) is 0 Å². The van der Waals surface area contributed by atoms with E-state index in [1.807, 2.05) is 0 Å². The van der Waals surface area contributed by atoms with Crippen molar-refractivity contribution in [1.29, 1.82) is 0 Å². The molecule has 21 heavy (non-hydrogen) atoms. The average molecular weight is 296 g/mol. The Morgan fingerprint density at radius 1 is 1.24 bits per heavy atom. The molecule has 1 N–H and O–H groups in total. The van der Waals surface area contributed by atoms with E-state index in [2.05, 4.69) is 35.8 Å². The van der Waals surface area contributed by atoms with E-state index in [-0.39, 0.29) is 11.3 Å². The van der Waals surface area contributed by atoms with Crippen LogP contribution in [0.4, 0.5) is 8.78 Å². The minimum atomic E-state index is -2.83. The number of oxazole rings is 1. The Balaban J connectivity index is 2.03. The highest BCUT2D eigenvalue weighted by Gasteiger charge is 2.12. The molecule has 0 spiro atoms. The molecule has 2 aromatic rings. The molecule has 0 bridgehead atoms. The Kier molecular flexibility index (Phi) is 4.57. The van der Waals surface area contributed by atoms with Crippen LogP contribution in [0, 0.1) is 0 Å². The lowest BCUT2D eigenvalue weighted by Crippen LogP contribution is -2.35. The van der Waals surface area contributed by atoms with E-state index in [1.165, 1.54) is 12.1 Å². The largest absolute Gasteiger partial charge is 0.444 e. The van der Waals surface area contributed by atoms with Crippen molar-refractivity contribution in [3.8, 4) is 17.2 Å². The maximum atomic E-state index is 12.1. The van der Waals surface area contributed by atoms with E-state index in [9.17, 15) is 8.78 Å². The zero-order valence-electron chi connectivity index (χ0n) is 12.2. The van der Waals surface area contributed by atoms with Gasteiger partial charge in [-0.2, -0.15) is 8.78 Å². The highest BCUT2D eigenvalue weighted by Crippen LogP contribution is 2.23. The smallest absolute Gasteiger partial charge is 0.387 e. The SMILES string of the molecule is CC(C)(C)NCc1coc(-c2ccc(OC(F)F)cc2)n1. The second kappa shape index (κ2) is 6.22. The average Bonchev–Trinajstić information content (AvgIpc) is 2.84. The molecule has 0 saturated carbocycles. The number of aromatic nitrogens is 1. The van der Waals surface area contributed by atoms with E-state index in [4.69, 9.17) is 4.42 Å². The van der Waals surface area contributed by atoms with Crippen LogP contribution < -0.4 is 10.1 Å². The maximum absolute atomic E-state index is 12.1. The molecule has 1 heterocycles. The number of halogens is 2. The van der Waals surface area contributed by atoms with Crippen LogP contribution >= 0.6 is 0 Å². The molecule has 6 heteroatoms. The molecule has 0 aliphatic carbocycles. The lowest BCUT2D eigenvalue weighted by atomic mass is 10.1. The van der Waals surface area contributed by atoms with Gasteiger partial charge in [0.05, 0.1) is 5.69 Å². The Hall–Kier alpha value is -1.95. The summed E-state index contributed by atoms with van der Waals surface area (Å²) in [6, 6.07) is 6.17. The predicted octanol–water partition coefficient (Wildman–Crippen LogP) is 3.83. The van der Waals surface area contributed by atoms with Gasteiger partial charge in [-0.25, -0.2) is 4.98 Å². The minimum absolute atomic E-state index is 0.00658. The van der Waals surface area contributed by atoms with Crippen molar-refractivity contribution in [2.75, 3.05) is 0 Å². The lowest BCUT2D eigenvalue weighted by molar-refractivity contribution is -0.0498. The molecule has 2 rings (SSSR count). The number of benzene rings is 1. The first-order chi connectivity index (χ1) is 9.83. The molecule has 0 saturated heterocycles. The predicted molar refractivity (Wildman–Crippen MR) is 75.2 cm³/mol. The minimum Gasteiger partial charge on any atom is -0.444 e. The van der Waals surface area contributed by atoms with Gasteiger partial charge in [-0.05, 0) is 45.0 Å². The first kappa shape index (κ1) is 15.4. The second-order valence-electron chi connectivity index (χ2n) is 5.65. The van der Waals surface area contributed by atoms with Gasteiger partial charge in [0.2, 0.25) is 5.89 Å². The number of hydrogen-bond acceptors (Lipinski definition) is 4. The van der Waals surface area contributed by atoms with Crippen LogP contribution in [0.3, 0.4) is 0 Å². The molecule has 0 fully saturated rings. The van der Waals surface area contributed by atoms with Gasteiger partial charge >= 0.3 is 6.61 Å². The van der Waals surface area contributed by atoms with Crippen molar-refractivity contribution in [2.24, 2.45) is 0 Å². The van der Waals surface area contributed by atoms with Crippen molar-refractivity contribution >= 4 is 0 Å². The van der Waals surface area contributed by atoms with Crippen LogP contribution in [0.25, 0.3) is 11.5 Å². The van der Waals surface area contributed by atoms with E-state index in [0.29, 0.717) is 18.0 Å². The summed E-state index contributed by atoms with van der Waals surface area (Å²) >= 11 is 0. The van der Waals surface area contributed by atoms with Crippen LogP contribution in [-0.2, 0) is 6.54 Å². The summed E-state index contributed by atoms with van der Waals surface area (Å²) < 4.78 is 33.8. The zero-order valence-corrected chi connectivity index (χ0v) is 12.2. The first-order valence-corrected chi connectivity index (χ1v) is 6.58. The summed E-state index contributed by atoms with van der Waals surface area (Å²) in [5, 5.41) is 3.31. The van der Waals surface area contributed by atoms with Crippen molar-refractivity contribution in [3.63, 3.8) is 0 Å². The molecule has 1 aromatic heterocycles. The standard InChI is InChI=1S/C15H18F2N2O2/c1-15(2,3)18-8-11-9-20-13(19-11)10-4-6-12(7-5-10)21-14(16)17/h4-7,9,14,18H,8H2,1-3H3. The van der Waals surface area contributed by atoms with E-state index >= 15 is 0 Å². The molecule has 1 aromatic carbocycles. The molecule has 4 nitrogen and oxygen atoms in total. The van der Waals surface area contributed by atoms with Crippen molar-refractivity contribution in [2.45, 2.75) is 39.5 Å². The van der Waals surface area contributed by atoms with Gasteiger partial charge in [0.1, 0.15) is 12.0 Å². The Morgan fingerprint density at radius 2 is 1.90 bits per heavy atom. The lowest BCUT2D eigenvalue weighted by Gasteiger charge is -2.19. The van der Waals surface area contributed by atoms with E-state index in [0.717, 1.165) is 5.69 Å². The summed E-state index contributed by atoms with van der Waals surface area (Å²) in [7, 11) is 0. The van der Waals surface area contributed by atoms with Gasteiger partial charge < -0.3 is 14.5 Å². The van der Waals surface area contributed by atoms with Gasteiger partial charge in [-0.3, -0.25) is 0 Å². The van der Waals surface area contributed by atoms with Crippen LogP contribution in [0.2, 0.25) is 0 Å². The summed E-state index contributed by atoms with van der Waals surface area (Å²) in [5.41, 5.74) is 1.49. The molecule has 0 radical (unpaired) electrons. The third kappa shape index (κ3) is 4.82. The third-order valence-corrected chi connectivity index (χ3v) is 2.68. The summed E-state index contributed by atoms with van der Waals surface area (Å²) in [5.74, 6) is 0.555. The molecular formula is C15H18F2N2O2. The first-order valence-electron chi connectivity index (χ1n) is 6.58. The van der Waals surface area contributed by atoms with E-state index < -0.39 is 6.61 Å². The van der Waals surface area contributed by atoms with Gasteiger partial charge in [0.15, 0.2) is 0 Å². The maximum Gasteiger partial charge on any atom is 0.387 e. The molecule has 0 unspecified atom stereocenters. The van der Waals surface area contributed by atoms with Crippen molar-refractivity contribution < 1.29 is 17.9 Å².